The zero-order chi connectivity index (χ0) is 25.7. The number of para-hydroxylation sites is 1. The van der Waals surface area contributed by atoms with Gasteiger partial charge in [-0.1, -0.05) is 35.9 Å². The van der Waals surface area contributed by atoms with Crippen LogP contribution in [0.3, 0.4) is 0 Å². The Morgan fingerprint density at radius 3 is 2.29 bits per heavy atom. The van der Waals surface area contributed by atoms with E-state index in [1.54, 1.807) is 45.3 Å². The van der Waals surface area contributed by atoms with Gasteiger partial charge in [0.05, 0.1) is 28.1 Å². The summed E-state index contributed by atoms with van der Waals surface area (Å²) in [5.74, 6) is -0.379. The van der Waals surface area contributed by atoms with E-state index < -0.39 is 28.7 Å². The molecule has 6 nitrogen and oxygen atoms in total. The second-order valence-corrected chi connectivity index (χ2v) is 9.52. The van der Waals surface area contributed by atoms with E-state index in [1.807, 2.05) is 0 Å². The molecule has 0 unspecified atom stereocenters. The Balaban J connectivity index is 2.12. The van der Waals surface area contributed by atoms with Crippen molar-refractivity contribution in [3.8, 4) is 5.69 Å². The van der Waals surface area contributed by atoms with E-state index in [1.165, 1.54) is 21.6 Å². The maximum absolute atomic E-state index is 13.8. The van der Waals surface area contributed by atoms with Gasteiger partial charge in [-0.3, -0.25) is 14.2 Å². The van der Waals surface area contributed by atoms with Crippen LogP contribution in [0.15, 0.2) is 58.1 Å². The van der Waals surface area contributed by atoms with Gasteiger partial charge in [0.1, 0.15) is 4.83 Å². The number of carbonyl (C=O) groups excluding carboxylic acids is 1. The molecule has 4 rings (SSSR count). The van der Waals surface area contributed by atoms with Crippen LogP contribution in [0, 0.1) is 6.92 Å². The lowest BCUT2D eigenvalue weighted by Gasteiger charge is -2.16. The molecule has 11 heteroatoms. The molecule has 0 bridgehead atoms. The van der Waals surface area contributed by atoms with Gasteiger partial charge in [-0.05, 0) is 42.3 Å². The van der Waals surface area contributed by atoms with E-state index >= 15 is 0 Å². The number of fused-ring (bicyclic) bond motifs is 1. The SMILES string of the molecule is Cc1c(C(=O)N(C)C)sc2c1c(=O)n(-c1ccccc1C(F)(F)F)c(=O)n2Cc1ccc(Cl)cc1. The molecule has 2 aromatic carbocycles. The summed E-state index contributed by atoms with van der Waals surface area (Å²) in [4.78, 5) is 41.7. The van der Waals surface area contributed by atoms with E-state index in [-0.39, 0.29) is 27.5 Å². The Bertz CT molecular complexity index is 1570. The number of aromatic nitrogens is 2. The number of halogens is 4. The number of hydrogen-bond acceptors (Lipinski definition) is 4. The van der Waals surface area contributed by atoms with Gasteiger partial charge in [0.2, 0.25) is 0 Å². The van der Waals surface area contributed by atoms with Crippen LogP contribution in [0.2, 0.25) is 5.02 Å². The van der Waals surface area contributed by atoms with Gasteiger partial charge in [-0.25, -0.2) is 9.36 Å². The lowest BCUT2D eigenvalue weighted by atomic mass is 10.1. The molecule has 0 aliphatic carbocycles. The molecule has 4 aromatic rings. The molecule has 0 aliphatic rings. The molecule has 0 saturated carbocycles. The smallest absolute Gasteiger partial charge is 0.344 e. The van der Waals surface area contributed by atoms with Crippen molar-refractivity contribution in [3.63, 3.8) is 0 Å². The number of alkyl halides is 3. The highest BCUT2D eigenvalue weighted by Crippen LogP contribution is 2.34. The summed E-state index contributed by atoms with van der Waals surface area (Å²) in [6, 6.07) is 11.0. The molecule has 1 amide bonds. The van der Waals surface area contributed by atoms with E-state index in [0.717, 1.165) is 23.5 Å². The molecule has 0 N–H and O–H groups in total. The predicted octanol–water partition coefficient (Wildman–Crippen LogP) is 4.94. The van der Waals surface area contributed by atoms with Crippen molar-refractivity contribution in [2.75, 3.05) is 14.1 Å². The highest BCUT2D eigenvalue weighted by molar-refractivity contribution is 7.20. The largest absolute Gasteiger partial charge is 0.418 e. The molecule has 0 saturated heterocycles. The number of rotatable bonds is 4. The third-order valence-electron chi connectivity index (χ3n) is 5.52. The van der Waals surface area contributed by atoms with Gasteiger partial charge in [0.25, 0.3) is 11.5 Å². The highest BCUT2D eigenvalue weighted by atomic mass is 35.5. The minimum Gasteiger partial charge on any atom is -0.344 e. The first-order valence-corrected chi connectivity index (χ1v) is 11.5. The summed E-state index contributed by atoms with van der Waals surface area (Å²) in [6.07, 6.45) is -4.80. The molecule has 2 aromatic heterocycles. The fourth-order valence-corrected chi connectivity index (χ4v) is 5.23. The first kappa shape index (κ1) is 24.7. The number of benzene rings is 2. The maximum atomic E-state index is 13.8. The lowest BCUT2D eigenvalue weighted by molar-refractivity contribution is -0.137. The van der Waals surface area contributed by atoms with Crippen molar-refractivity contribution < 1.29 is 18.0 Å². The summed E-state index contributed by atoms with van der Waals surface area (Å²) >= 11 is 6.92. The average Bonchev–Trinajstić information content (AvgIpc) is 3.14. The van der Waals surface area contributed by atoms with Crippen LogP contribution in [0.4, 0.5) is 13.2 Å². The third-order valence-corrected chi connectivity index (χ3v) is 7.07. The molecule has 2 heterocycles. The summed E-state index contributed by atoms with van der Waals surface area (Å²) in [7, 11) is 3.09. The fourth-order valence-electron chi connectivity index (χ4n) is 3.79. The Labute approximate surface area is 206 Å². The van der Waals surface area contributed by atoms with Crippen molar-refractivity contribution >= 4 is 39.1 Å². The van der Waals surface area contributed by atoms with Crippen LogP contribution in [-0.2, 0) is 12.7 Å². The quantitative estimate of drug-likeness (QED) is 0.382. The van der Waals surface area contributed by atoms with Crippen LogP contribution >= 0.6 is 22.9 Å². The molecule has 0 fully saturated rings. The van der Waals surface area contributed by atoms with Crippen LogP contribution in [-0.4, -0.2) is 34.0 Å². The van der Waals surface area contributed by atoms with Crippen LogP contribution < -0.4 is 11.2 Å². The van der Waals surface area contributed by atoms with E-state index in [4.69, 9.17) is 11.6 Å². The zero-order valence-corrected chi connectivity index (χ0v) is 20.4. The van der Waals surface area contributed by atoms with Gasteiger partial charge in [0, 0.05) is 19.1 Å². The molecule has 0 radical (unpaired) electrons. The number of aryl methyl sites for hydroxylation is 1. The normalized spacial score (nSPS) is 11.7. The van der Waals surface area contributed by atoms with Crippen LogP contribution in [0.25, 0.3) is 15.9 Å². The van der Waals surface area contributed by atoms with Crippen LogP contribution in [0.5, 0.6) is 0 Å². The summed E-state index contributed by atoms with van der Waals surface area (Å²) < 4.78 is 43.1. The van der Waals surface area contributed by atoms with Crippen molar-refractivity contribution in [1.29, 1.82) is 0 Å². The van der Waals surface area contributed by atoms with Gasteiger partial charge < -0.3 is 4.90 Å². The first-order valence-electron chi connectivity index (χ1n) is 10.3. The molecule has 0 atom stereocenters. The van der Waals surface area contributed by atoms with Gasteiger partial charge in [0.15, 0.2) is 0 Å². The number of hydrogen-bond donors (Lipinski definition) is 0. The molecule has 0 spiro atoms. The third kappa shape index (κ3) is 4.39. The Hall–Kier alpha value is -3.37. The Kier molecular flexibility index (Phi) is 6.37. The van der Waals surface area contributed by atoms with E-state index in [0.29, 0.717) is 20.7 Å². The number of amides is 1. The van der Waals surface area contributed by atoms with Crippen molar-refractivity contribution in [1.82, 2.24) is 14.0 Å². The predicted molar refractivity (Wildman–Crippen MR) is 130 cm³/mol. The molecule has 0 aliphatic heterocycles. The van der Waals surface area contributed by atoms with Gasteiger partial charge in [-0.15, -0.1) is 11.3 Å². The number of nitrogens with zero attached hydrogens (tertiary/aromatic N) is 3. The second-order valence-electron chi connectivity index (χ2n) is 8.09. The van der Waals surface area contributed by atoms with E-state index in [9.17, 15) is 27.6 Å². The summed E-state index contributed by atoms with van der Waals surface area (Å²) in [5.41, 5.74) is -2.61. The Morgan fingerprint density at radius 2 is 1.69 bits per heavy atom. The standard InChI is InChI=1S/C24H19ClF3N3O3S/c1-13-18-20(32)31(17-7-5-4-6-16(17)24(26,27)28)23(34)30(12-14-8-10-15(25)11-9-14)22(18)35-19(13)21(33)29(2)3/h4-11H,12H2,1-3H3. The number of carbonyl (C=O) groups is 1. The molecule has 35 heavy (non-hydrogen) atoms. The van der Waals surface area contributed by atoms with Crippen molar-refractivity contribution in [2.45, 2.75) is 19.6 Å². The fraction of sp³-hybridized carbons (Fsp3) is 0.208. The molecule has 182 valence electrons. The highest BCUT2D eigenvalue weighted by Gasteiger charge is 2.35. The van der Waals surface area contributed by atoms with Crippen molar-refractivity contribution in [2.24, 2.45) is 0 Å². The minimum atomic E-state index is -4.80. The zero-order valence-electron chi connectivity index (χ0n) is 18.8. The number of thiophene rings is 1. The summed E-state index contributed by atoms with van der Waals surface area (Å²) in [5, 5.41) is 0.492. The Morgan fingerprint density at radius 1 is 1.06 bits per heavy atom. The monoisotopic (exact) mass is 521 g/mol. The summed E-state index contributed by atoms with van der Waals surface area (Å²) in [6.45, 7) is 1.50. The van der Waals surface area contributed by atoms with E-state index in [2.05, 4.69) is 0 Å². The van der Waals surface area contributed by atoms with Crippen molar-refractivity contribution in [3.05, 3.63) is 96.0 Å². The molecular formula is C24H19ClF3N3O3S. The first-order chi connectivity index (χ1) is 16.4. The molecular weight excluding hydrogens is 503 g/mol. The maximum Gasteiger partial charge on any atom is 0.418 e. The van der Waals surface area contributed by atoms with Crippen LogP contribution in [0.1, 0.15) is 26.4 Å². The topological polar surface area (TPSA) is 64.3 Å². The lowest BCUT2D eigenvalue weighted by Crippen LogP contribution is -2.39. The minimum absolute atomic E-state index is 0.0192. The average molecular weight is 522 g/mol. The van der Waals surface area contributed by atoms with Gasteiger partial charge >= 0.3 is 11.9 Å². The van der Waals surface area contributed by atoms with Gasteiger partial charge in [-0.2, -0.15) is 13.2 Å². The second kappa shape index (κ2) is 9.01.